The van der Waals surface area contributed by atoms with Gasteiger partial charge in [0, 0.05) is 6.54 Å². The van der Waals surface area contributed by atoms with E-state index >= 15 is 0 Å². The van der Waals surface area contributed by atoms with E-state index < -0.39 is 5.91 Å². The number of carbonyl (C=O) groups is 1. The molecule has 0 saturated carbocycles. The van der Waals surface area contributed by atoms with Crippen molar-refractivity contribution in [3.63, 3.8) is 0 Å². The zero-order valence-corrected chi connectivity index (χ0v) is 6.18. The van der Waals surface area contributed by atoms with Gasteiger partial charge < -0.3 is 15.8 Å². The minimum Gasteiger partial charge on any atom is -0.502 e. The number of primary amides is 1. The van der Waals surface area contributed by atoms with Gasteiger partial charge in [0.15, 0.2) is 0 Å². The van der Waals surface area contributed by atoms with Crippen LogP contribution in [0.4, 0.5) is 0 Å². The molecule has 4 nitrogen and oxygen atoms in total. The standard InChI is InChI=1S/C6H12N2O2/c1-3-8-5(4-10-2)6(7)9/h4,8H,3H2,1-2H3,(H2,7,9). The predicted octanol–water partition coefficient (Wildman–Crippen LogP) is -0.431. The van der Waals surface area contributed by atoms with Crippen LogP contribution in [-0.2, 0) is 9.53 Å². The summed E-state index contributed by atoms with van der Waals surface area (Å²) in [4.78, 5) is 10.5. The summed E-state index contributed by atoms with van der Waals surface area (Å²) in [6.45, 7) is 2.52. The predicted molar refractivity (Wildman–Crippen MR) is 38.0 cm³/mol. The average molecular weight is 144 g/mol. The van der Waals surface area contributed by atoms with Crippen LogP contribution in [0.15, 0.2) is 12.0 Å². The molecule has 58 valence electrons. The smallest absolute Gasteiger partial charge is 0.267 e. The molecule has 1 amide bonds. The normalized spacial score (nSPS) is 10.8. The lowest BCUT2D eigenvalue weighted by atomic mass is 10.4. The van der Waals surface area contributed by atoms with Gasteiger partial charge in [-0.05, 0) is 6.92 Å². The Balaban J connectivity index is 3.98. The zero-order chi connectivity index (χ0) is 7.98. The maximum absolute atomic E-state index is 10.5. The lowest BCUT2D eigenvalue weighted by molar-refractivity contribution is -0.115. The van der Waals surface area contributed by atoms with Crippen molar-refractivity contribution in [3.8, 4) is 0 Å². The second-order valence-corrected chi connectivity index (χ2v) is 1.66. The van der Waals surface area contributed by atoms with Gasteiger partial charge in [-0.15, -0.1) is 0 Å². The van der Waals surface area contributed by atoms with Crippen LogP contribution in [0.1, 0.15) is 6.92 Å². The molecular weight excluding hydrogens is 132 g/mol. The molecule has 0 aliphatic heterocycles. The summed E-state index contributed by atoms with van der Waals surface area (Å²) in [5.41, 5.74) is 5.26. The van der Waals surface area contributed by atoms with Crippen molar-refractivity contribution >= 4 is 5.91 Å². The van der Waals surface area contributed by atoms with E-state index in [4.69, 9.17) is 5.73 Å². The zero-order valence-electron chi connectivity index (χ0n) is 6.18. The molecule has 0 aromatic carbocycles. The van der Waals surface area contributed by atoms with Gasteiger partial charge >= 0.3 is 0 Å². The average Bonchev–Trinajstić information content (AvgIpc) is 1.87. The molecule has 10 heavy (non-hydrogen) atoms. The van der Waals surface area contributed by atoms with E-state index in [0.717, 1.165) is 0 Å². The van der Waals surface area contributed by atoms with Gasteiger partial charge in [-0.2, -0.15) is 0 Å². The fourth-order valence-electron chi connectivity index (χ4n) is 0.495. The maximum Gasteiger partial charge on any atom is 0.267 e. The summed E-state index contributed by atoms with van der Waals surface area (Å²) in [6.07, 6.45) is 1.28. The van der Waals surface area contributed by atoms with Crippen LogP contribution in [0, 0.1) is 0 Å². The first-order valence-electron chi connectivity index (χ1n) is 2.99. The van der Waals surface area contributed by atoms with Gasteiger partial charge in [-0.3, -0.25) is 4.79 Å². The highest BCUT2D eigenvalue weighted by molar-refractivity contribution is 5.90. The number of hydrogen-bond acceptors (Lipinski definition) is 3. The highest BCUT2D eigenvalue weighted by Gasteiger charge is 2.00. The molecule has 0 bridgehead atoms. The first-order valence-corrected chi connectivity index (χ1v) is 2.99. The molecule has 0 radical (unpaired) electrons. The van der Waals surface area contributed by atoms with Gasteiger partial charge in [0.25, 0.3) is 5.91 Å². The third kappa shape index (κ3) is 2.96. The van der Waals surface area contributed by atoms with Crippen LogP contribution in [0.5, 0.6) is 0 Å². The first kappa shape index (κ1) is 8.81. The van der Waals surface area contributed by atoms with Crippen LogP contribution in [0.2, 0.25) is 0 Å². The van der Waals surface area contributed by atoms with E-state index in [1.54, 1.807) is 0 Å². The maximum atomic E-state index is 10.5. The van der Waals surface area contributed by atoms with Gasteiger partial charge in [0.1, 0.15) is 12.0 Å². The van der Waals surface area contributed by atoms with Crippen molar-refractivity contribution in [2.75, 3.05) is 13.7 Å². The molecule has 0 aliphatic carbocycles. The first-order chi connectivity index (χ1) is 4.72. The Morgan fingerprint density at radius 3 is 2.70 bits per heavy atom. The third-order valence-corrected chi connectivity index (χ3v) is 0.868. The van der Waals surface area contributed by atoms with Crippen LogP contribution < -0.4 is 11.1 Å². The molecule has 0 heterocycles. The summed E-state index contributed by atoms with van der Waals surface area (Å²) >= 11 is 0. The molecule has 0 fully saturated rings. The van der Waals surface area contributed by atoms with Gasteiger partial charge in [0.05, 0.1) is 7.11 Å². The summed E-state index contributed by atoms with van der Waals surface area (Å²) in [5, 5.41) is 2.74. The number of nitrogens with two attached hydrogens (primary N) is 1. The molecule has 0 spiro atoms. The minimum absolute atomic E-state index is 0.296. The lowest BCUT2D eigenvalue weighted by Crippen LogP contribution is -2.26. The summed E-state index contributed by atoms with van der Waals surface area (Å²) in [7, 11) is 1.46. The van der Waals surface area contributed by atoms with Crippen LogP contribution in [0.25, 0.3) is 0 Å². The van der Waals surface area contributed by atoms with E-state index in [1.807, 2.05) is 6.92 Å². The van der Waals surface area contributed by atoms with Gasteiger partial charge in [0.2, 0.25) is 0 Å². The highest BCUT2D eigenvalue weighted by atomic mass is 16.5. The monoisotopic (exact) mass is 144 g/mol. The van der Waals surface area contributed by atoms with Crippen LogP contribution in [-0.4, -0.2) is 19.6 Å². The summed E-state index contributed by atoms with van der Waals surface area (Å²) in [6, 6.07) is 0. The molecule has 0 aromatic heterocycles. The van der Waals surface area contributed by atoms with Crippen molar-refractivity contribution in [2.24, 2.45) is 5.73 Å². The number of nitrogens with one attached hydrogen (secondary N) is 1. The van der Waals surface area contributed by atoms with Crippen LogP contribution in [0.3, 0.4) is 0 Å². The SMILES string of the molecule is CCNC(=COC)C(N)=O. The lowest BCUT2D eigenvalue weighted by Gasteiger charge is -2.02. The number of carbonyl (C=O) groups excluding carboxylic acids is 1. The third-order valence-electron chi connectivity index (χ3n) is 0.868. The van der Waals surface area contributed by atoms with Crippen molar-refractivity contribution in [1.82, 2.24) is 5.32 Å². The van der Waals surface area contributed by atoms with E-state index in [2.05, 4.69) is 10.1 Å². The molecule has 0 atom stereocenters. The molecule has 0 saturated heterocycles. The fourth-order valence-corrected chi connectivity index (χ4v) is 0.495. The number of likely N-dealkylation sites (N-methyl/N-ethyl adjacent to an activating group) is 1. The number of hydrogen-bond donors (Lipinski definition) is 2. The van der Waals surface area contributed by atoms with E-state index in [9.17, 15) is 4.79 Å². The number of amides is 1. The highest BCUT2D eigenvalue weighted by Crippen LogP contribution is 1.85. The molecule has 3 N–H and O–H groups in total. The summed E-state index contributed by atoms with van der Waals surface area (Å²) < 4.78 is 4.59. The van der Waals surface area contributed by atoms with Gasteiger partial charge in [-0.1, -0.05) is 0 Å². The van der Waals surface area contributed by atoms with E-state index in [1.165, 1.54) is 13.4 Å². The number of methoxy groups -OCH3 is 1. The largest absolute Gasteiger partial charge is 0.502 e. The van der Waals surface area contributed by atoms with Crippen molar-refractivity contribution in [2.45, 2.75) is 6.92 Å². The Morgan fingerprint density at radius 2 is 2.40 bits per heavy atom. The van der Waals surface area contributed by atoms with E-state index in [0.29, 0.717) is 12.2 Å². The molecular formula is C6H12N2O2. The summed E-state index contributed by atoms with van der Waals surface area (Å²) in [5.74, 6) is -0.510. The second-order valence-electron chi connectivity index (χ2n) is 1.66. The van der Waals surface area contributed by atoms with Crippen molar-refractivity contribution in [3.05, 3.63) is 12.0 Å². The van der Waals surface area contributed by atoms with Crippen molar-refractivity contribution in [1.29, 1.82) is 0 Å². The van der Waals surface area contributed by atoms with Crippen LogP contribution >= 0.6 is 0 Å². The van der Waals surface area contributed by atoms with Crippen molar-refractivity contribution < 1.29 is 9.53 Å². The minimum atomic E-state index is -0.510. The Kier molecular flexibility index (Phi) is 4.11. The number of rotatable bonds is 4. The molecule has 0 aliphatic rings. The quantitative estimate of drug-likeness (QED) is 0.415. The molecule has 0 rings (SSSR count). The Hall–Kier alpha value is -1.19. The molecule has 4 heteroatoms. The Bertz CT molecular complexity index is 143. The topological polar surface area (TPSA) is 64.3 Å². The van der Waals surface area contributed by atoms with E-state index in [-0.39, 0.29) is 0 Å². The number of ether oxygens (including phenoxy) is 1. The Morgan fingerprint density at radius 1 is 1.80 bits per heavy atom. The fraction of sp³-hybridized carbons (Fsp3) is 0.500. The molecule has 0 aromatic rings. The Labute approximate surface area is 60.0 Å². The second kappa shape index (κ2) is 4.67. The van der Waals surface area contributed by atoms with Gasteiger partial charge in [-0.25, -0.2) is 0 Å². The molecule has 0 unspecified atom stereocenters.